The molecule has 1 atom stereocenters. The summed E-state index contributed by atoms with van der Waals surface area (Å²) in [6.45, 7) is 12.2. The van der Waals surface area contributed by atoms with Crippen molar-refractivity contribution in [2.75, 3.05) is 6.61 Å². The average Bonchev–Trinajstić information content (AvgIpc) is 2.57. The van der Waals surface area contributed by atoms with Gasteiger partial charge in [0.05, 0.1) is 12.2 Å². The number of hydrogen-bond donors (Lipinski definition) is 0. The molecule has 0 spiro atoms. The lowest BCUT2D eigenvalue weighted by atomic mass is 9.94. The number of allylic oxidation sites excluding steroid dienone is 1. The van der Waals surface area contributed by atoms with Gasteiger partial charge in [-0.3, -0.25) is 0 Å². The topological polar surface area (TPSA) is 44.8 Å². The molecule has 0 aromatic heterocycles. The monoisotopic (exact) mass is 468 g/mol. The fourth-order valence-corrected chi connectivity index (χ4v) is 2.77. The zero-order valence-corrected chi connectivity index (χ0v) is 18.4. The van der Waals surface area contributed by atoms with Crippen LogP contribution in [0.4, 0.5) is 26.3 Å². The number of esters is 1. The SMILES string of the molecule is C=C(C)C.CCOC(=O)C1=Cc2cc(OC(F)(F)F)cc(CC(C)C)c2OC1C(F)(F)F. The molecule has 0 radical (unpaired) electrons. The van der Waals surface area contributed by atoms with Crippen LogP contribution in [0.5, 0.6) is 11.5 Å². The predicted octanol–water partition coefficient (Wildman–Crippen LogP) is 6.64. The summed E-state index contributed by atoms with van der Waals surface area (Å²) in [7, 11) is 0. The third-order valence-electron chi connectivity index (χ3n) is 3.67. The third kappa shape index (κ3) is 8.47. The Bertz CT molecular complexity index is 849. The highest BCUT2D eigenvalue weighted by molar-refractivity contribution is 5.96. The molecule has 0 amide bonds. The first-order chi connectivity index (χ1) is 14.5. The molecule has 0 saturated heterocycles. The highest BCUT2D eigenvalue weighted by Gasteiger charge is 2.49. The fourth-order valence-electron chi connectivity index (χ4n) is 2.77. The Morgan fingerprint density at radius 2 is 1.72 bits per heavy atom. The summed E-state index contributed by atoms with van der Waals surface area (Å²) in [5.74, 6) is -2.20. The summed E-state index contributed by atoms with van der Waals surface area (Å²) < 4.78 is 91.7. The van der Waals surface area contributed by atoms with Gasteiger partial charge in [0.2, 0.25) is 6.10 Å². The summed E-state index contributed by atoms with van der Waals surface area (Å²) in [5.41, 5.74) is 0.308. The molecule has 32 heavy (non-hydrogen) atoms. The van der Waals surface area contributed by atoms with Gasteiger partial charge >= 0.3 is 18.5 Å². The van der Waals surface area contributed by atoms with Crippen molar-refractivity contribution in [3.8, 4) is 11.5 Å². The second-order valence-corrected chi connectivity index (χ2v) is 7.71. The lowest BCUT2D eigenvalue weighted by Gasteiger charge is -2.30. The predicted molar refractivity (Wildman–Crippen MR) is 107 cm³/mol. The van der Waals surface area contributed by atoms with Gasteiger partial charge in [-0.05, 0) is 56.9 Å². The summed E-state index contributed by atoms with van der Waals surface area (Å²) in [6.07, 6.45) is -11.5. The van der Waals surface area contributed by atoms with Crippen molar-refractivity contribution >= 4 is 12.0 Å². The number of fused-ring (bicyclic) bond motifs is 1. The van der Waals surface area contributed by atoms with Crippen LogP contribution in [0.3, 0.4) is 0 Å². The van der Waals surface area contributed by atoms with Crippen LogP contribution in [0.25, 0.3) is 6.08 Å². The molecule has 1 aliphatic rings. The Kier molecular flexibility index (Phi) is 9.23. The lowest BCUT2D eigenvalue weighted by molar-refractivity contribution is -0.274. The molecular weight excluding hydrogens is 442 g/mol. The van der Waals surface area contributed by atoms with E-state index in [0.717, 1.165) is 18.2 Å². The number of ether oxygens (including phenoxy) is 3. The van der Waals surface area contributed by atoms with Crippen molar-refractivity contribution < 1.29 is 45.3 Å². The number of alkyl halides is 6. The minimum absolute atomic E-state index is 0.0893. The van der Waals surface area contributed by atoms with E-state index in [-0.39, 0.29) is 35.8 Å². The van der Waals surface area contributed by atoms with Gasteiger partial charge in [0.15, 0.2) is 0 Å². The number of hydrogen-bond acceptors (Lipinski definition) is 4. The van der Waals surface area contributed by atoms with E-state index in [9.17, 15) is 31.1 Å². The van der Waals surface area contributed by atoms with E-state index in [2.05, 4.69) is 16.1 Å². The van der Waals surface area contributed by atoms with Crippen LogP contribution in [-0.4, -0.2) is 31.2 Å². The molecule has 1 aliphatic heterocycles. The van der Waals surface area contributed by atoms with Crippen molar-refractivity contribution in [2.45, 2.75) is 59.7 Å². The average molecular weight is 468 g/mol. The van der Waals surface area contributed by atoms with E-state index < -0.39 is 35.9 Å². The molecule has 2 rings (SSSR count). The van der Waals surface area contributed by atoms with E-state index >= 15 is 0 Å². The van der Waals surface area contributed by atoms with E-state index in [4.69, 9.17) is 4.74 Å². The second kappa shape index (κ2) is 10.8. The highest BCUT2D eigenvalue weighted by atomic mass is 19.4. The Labute approximate surface area is 182 Å². The summed E-state index contributed by atoms with van der Waals surface area (Å²) in [4.78, 5) is 12.0. The van der Waals surface area contributed by atoms with E-state index in [1.807, 2.05) is 13.8 Å². The highest BCUT2D eigenvalue weighted by Crippen LogP contribution is 2.42. The van der Waals surface area contributed by atoms with Gasteiger partial charge < -0.3 is 14.2 Å². The van der Waals surface area contributed by atoms with Crippen LogP contribution in [-0.2, 0) is 16.0 Å². The first-order valence-electron chi connectivity index (χ1n) is 9.72. The van der Waals surface area contributed by atoms with Crippen LogP contribution < -0.4 is 9.47 Å². The molecule has 1 aromatic carbocycles. The van der Waals surface area contributed by atoms with Crippen molar-refractivity contribution in [1.29, 1.82) is 0 Å². The number of halogens is 6. The van der Waals surface area contributed by atoms with Crippen LogP contribution in [0, 0.1) is 5.92 Å². The molecule has 0 fully saturated rings. The molecule has 4 nitrogen and oxygen atoms in total. The van der Waals surface area contributed by atoms with E-state index in [0.29, 0.717) is 0 Å². The number of benzene rings is 1. The molecule has 0 saturated carbocycles. The van der Waals surface area contributed by atoms with Crippen molar-refractivity contribution in [2.24, 2.45) is 5.92 Å². The molecule has 10 heteroatoms. The lowest BCUT2D eigenvalue weighted by Crippen LogP contribution is -2.41. The quantitative estimate of drug-likeness (QED) is 0.276. The van der Waals surface area contributed by atoms with Gasteiger partial charge in [-0.25, -0.2) is 4.79 Å². The van der Waals surface area contributed by atoms with Crippen LogP contribution in [0.2, 0.25) is 0 Å². The zero-order valence-electron chi connectivity index (χ0n) is 18.4. The Morgan fingerprint density at radius 3 is 2.16 bits per heavy atom. The van der Waals surface area contributed by atoms with Gasteiger partial charge in [0.25, 0.3) is 0 Å². The molecule has 1 aromatic rings. The fraction of sp³-hybridized carbons (Fsp3) is 0.500. The molecule has 0 aliphatic carbocycles. The zero-order chi connectivity index (χ0) is 24.9. The maximum absolute atomic E-state index is 13.4. The largest absolute Gasteiger partial charge is 0.573 e. The molecule has 180 valence electrons. The van der Waals surface area contributed by atoms with Crippen LogP contribution in [0.15, 0.2) is 29.9 Å². The van der Waals surface area contributed by atoms with E-state index in [1.54, 1.807) is 13.8 Å². The Hall–Kier alpha value is -2.65. The Balaban J connectivity index is 0.00000118. The van der Waals surface area contributed by atoms with Crippen LogP contribution in [0.1, 0.15) is 45.7 Å². The number of carbonyl (C=O) groups is 1. The Morgan fingerprint density at radius 1 is 1.16 bits per heavy atom. The second-order valence-electron chi connectivity index (χ2n) is 7.71. The van der Waals surface area contributed by atoms with E-state index in [1.165, 1.54) is 12.5 Å². The van der Waals surface area contributed by atoms with Crippen molar-refractivity contribution in [1.82, 2.24) is 0 Å². The standard InChI is InChI=1S/C18H18F6O4.C4H8/c1-4-26-16(25)13-8-11-7-12(28-18(22,23)24)6-10(5-9(2)3)14(11)27-15(13)17(19,20)21;1-4(2)3/h6-9,15H,4-5H2,1-3H3;1H2,2-3H3. The van der Waals surface area contributed by atoms with Gasteiger partial charge in [0, 0.05) is 5.56 Å². The first kappa shape index (κ1) is 27.4. The normalized spacial score (nSPS) is 15.6. The molecule has 1 unspecified atom stereocenters. The van der Waals surface area contributed by atoms with Gasteiger partial charge in [-0.2, -0.15) is 13.2 Å². The molecule has 1 heterocycles. The maximum atomic E-state index is 13.4. The van der Waals surface area contributed by atoms with Gasteiger partial charge in [-0.1, -0.05) is 19.4 Å². The summed E-state index contributed by atoms with van der Waals surface area (Å²) in [5, 5.41) is 0. The van der Waals surface area contributed by atoms with Crippen molar-refractivity contribution in [3.05, 3.63) is 41.0 Å². The van der Waals surface area contributed by atoms with Crippen LogP contribution >= 0.6 is 0 Å². The first-order valence-corrected chi connectivity index (χ1v) is 9.72. The number of carbonyl (C=O) groups excluding carboxylic acids is 1. The number of rotatable bonds is 5. The summed E-state index contributed by atoms with van der Waals surface area (Å²) >= 11 is 0. The van der Waals surface area contributed by atoms with Crippen molar-refractivity contribution in [3.63, 3.8) is 0 Å². The van der Waals surface area contributed by atoms with Gasteiger partial charge in [-0.15, -0.1) is 19.8 Å². The molecular formula is C22H26F6O4. The maximum Gasteiger partial charge on any atom is 0.573 e. The van der Waals surface area contributed by atoms with Gasteiger partial charge in [0.1, 0.15) is 11.5 Å². The minimum Gasteiger partial charge on any atom is -0.475 e. The smallest absolute Gasteiger partial charge is 0.475 e. The molecule has 0 bridgehead atoms. The molecule has 0 N–H and O–H groups in total. The third-order valence-corrected chi connectivity index (χ3v) is 3.67. The minimum atomic E-state index is -4.99. The summed E-state index contributed by atoms with van der Waals surface area (Å²) in [6, 6.07) is 1.86.